The Hall–Kier alpha value is -0.650. The highest BCUT2D eigenvalue weighted by molar-refractivity contribution is 9.11. The van der Waals surface area contributed by atoms with Crippen LogP contribution in [-0.4, -0.2) is 5.91 Å². The van der Waals surface area contributed by atoms with E-state index in [-0.39, 0.29) is 5.91 Å². The Kier molecular flexibility index (Phi) is 4.01. The van der Waals surface area contributed by atoms with Gasteiger partial charge in [0.05, 0.1) is 8.66 Å². The molecule has 0 radical (unpaired) electrons. The van der Waals surface area contributed by atoms with Crippen molar-refractivity contribution in [3.05, 3.63) is 49.0 Å². The van der Waals surface area contributed by atoms with Crippen LogP contribution in [0.2, 0.25) is 0 Å². The van der Waals surface area contributed by atoms with Crippen LogP contribution >= 0.6 is 43.2 Å². The summed E-state index contributed by atoms with van der Waals surface area (Å²) in [5, 5.41) is 2.86. The fourth-order valence-electron chi connectivity index (χ4n) is 1.30. The average Bonchev–Trinajstić information content (AvgIpc) is 2.70. The minimum atomic E-state index is -0.0866. The molecule has 1 N–H and O–H groups in total. The van der Waals surface area contributed by atoms with Crippen LogP contribution in [0.5, 0.6) is 0 Å². The van der Waals surface area contributed by atoms with Gasteiger partial charge in [-0.25, -0.2) is 0 Å². The molecule has 0 unspecified atom stereocenters. The molecule has 0 atom stereocenters. The molecule has 0 saturated carbocycles. The standard InChI is InChI=1S/C12H9Br2NOS/c1-7-2-3-8(6-9(7)13)15-12(16)10-4-5-11(14)17-10/h2-6H,1H3,(H,15,16). The molecule has 1 amide bonds. The lowest BCUT2D eigenvalue weighted by molar-refractivity contribution is 0.103. The first-order chi connectivity index (χ1) is 8.06. The summed E-state index contributed by atoms with van der Waals surface area (Å²) in [6.07, 6.45) is 0. The number of aryl methyl sites for hydroxylation is 1. The molecular formula is C12H9Br2NOS. The van der Waals surface area contributed by atoms with Crippen LogP contribution < -0.4 is 5.32 Å². The molecule has 88 valence electrons. The van der Waals surface area contributed by atoms with Crippen molar-refractivity contribution in [1.82, 2.24) is 0 Å². The average molecular weight is 375 g/mol. The molecule has 1 heterocycles. The van der Waals surface area contributed by atoms with Crippen LogP contribution in [0.4, 0.5) is 5.69 Å². The van der Waals surface area contributed by atoms with Crippen LogP contribution in [0.1, 0.15) is 15.2 Å². The normalized spacial score (nSPS) is 10.3. The molecule has 5 heteroatoms. The third kappa shape index (κ3) is 3.18. The fraction of sp³-hybridized carbons (Fsp3) is 0.0833. The van der Waals surface area contributed by atoms with E-state index >= 15 is 0 Å². The molecule has 0 bridgehead atoms. The zero-order valence-corrected chi connectivity index (χ0v) is 12.9. The van der Waals surface area contributed by atoms with Gasteiger partial charge in [0.2, 0.25) is 0 Å². The van der Waals surface area contributed by atoms with Crippen LogP contribution in [-0.2, 0) is 0 Å². The highest BCUT2D eigenvalue weighted by Crippen LogP contribution is 2.24. The van der Waals surface area contributed by atoms with Gasteiger partial charge in [-0.3, -0.25) is 4.79 Å². The maximum absolute atomic E-state index is 11.9. The minimum Gasteiger partial charge on any atom is -0.321 e. The molecule has 0 aliphatic rings. The molecular weight excluding hydrogens is 366 g/mol. The third-order valence-corrected chi connectivity index (χ3v) is 4.70. The summed E-state index contributed by atoms with van der Waals surface area (Å²) in [6, 6.07) is 9.42. The molecule has 0 saturated heterocycles. The smallest absolute Gasteiger partial charge is 0.265 e. The number of benzene rings is 1. The van der Waals surface area contributed by atoms with Gasteiger partial charge in [-0.1, -0.05) is 22.0 Å². The van der Waals surface area contributed by atoms with Gasteiger partial charge in [-0.15, -0.1) is 11.3 Å². The van der Waals surface area contributed by atoms with Crippen LogP contribution in [0.15, 0.2) is 38.6 Å². The molecule has 2 aromatic rings. The fourth-order valence-corrected chi connectivity index (χ4v) is 2.96. The van der Waals surface area contributed by atoms with E-state index in [1.54, 1.807) is 6.07 Å². The number of carbonyl (C=O) groups is 1. The van der Waals surface area contributed by atoms with Gasteiger partial charge in [0, 0.05) is 10.2 Å². The zero-order chi connectivity index (χ0) is 12.4. The molecule has 0 aliphatic heterocycles. The van der Waals surface area contributed by atoms with Crippen LogP contribution in [0, 0.1) is 6.92 Å². The largest absolute Gasteiger partial charge is 0.321 e. The van der Waals surface area contributed by atoms with Gasteiger partial charge < -0.3 is 5.32 Å². The summed E-state index contributed by atoms with van der Waals surface area (Å²) < 4.78 is 1.94. The van der Waals surface area contributed by atoms with Gasteiger partial charge in [0.15, 0.2) is 0 Å². The topological polar surface area (TPSA) is 29.1 Å². The molecule has 1 aromatic carbocycles. The number of amides is 1. The molecule has 0 aliphatic carbocycles. The maximum atomic E-state index is 11.9. The van der Waals surface area contributed by atoms with Crippen molar-refractivity contribution in [2.24, 2.45) is 0 Å². The summed E-state index contributed by atoms with van der Waals surface area (Å²) in [4.78, 5) is 12.6. The number of rotatable bonds is 2. The van der Waals surface area contributed by atoms with E-state index in [4.69, 9.17) is 0 Å². The molecule has 1 aromatic heterocycles. The predicted octanol–water partition coefficient (Wildman–Crippen LogP) is 4.83. The number of anilines is 1. The molecule has 0 fully saturated rings. The molecule has 17 heavy (non-hydrogen) atoms. The second-order valence-corrected chi connectivity index (χ2v) is 6.84. The number of hydrogen-bond acceptors (Lipinski definition) is 2. The van der Waals surface area contributed by atoms with E-state index in [9.17, 15) is 4.79 Å². The van der Waals surface area contributed by atoms with Gasteiger partial charge in [-0.05, 0) is 52.7 Å². The Morgan fingerprint density at radius 2 is 2.00 bits per heavy atom. The molecule has 2 rings (SSSR count). The lowest BCUT2D eigenvalue weighted by Gasteiger charge is -2.05. The number of thiophene rings is 1. The van der Waals surface area contributed by atoms with E-state index < -0.39 is 0 Å². The highest BCUT2D eigenvalue weighted by Gasteiger charge is 2.09. The highest BCUT2D eigenvalue weighted by atomic mass is 79.9. The lowest BCUT2D eigenvalue weighted by atomic mass is 10.2. The van der Waals surface area contributed by atoms with Gasteiger partial charge >= 0.3 is 0 Å². The first kappa shape index (κ1) is 12.8. The second-order valence-electron chi connectivity index (χ2n) is 3.52. The summed E-state index contributed by atoms with van der Waals surface area (Å²) in [6.45, 7) is 2.01. The molecule has 2 nitrogen and oxygen atoms in total. The van der Waals surface area contributed by atoms with Crippen molar-refractivity contribution >= 4 is 54.8 Å². The van der Waals surface area contributed by atoms with Crippen molar-refractivity contribution in [2.45, 2.75) is 6.92 Å². The van der Waals surface area contributed by atoms with Crippen molar-refractivity contribution in [3.63, 3.8) is 0 Å². The first-order valence-electron chi connectivity index (χ1n) is 4.89. The van der Waals surface area contributed by atoms with Crippen molar-refractivity contribution < 1.29 is 4.79 Å². The van der Waals surface area contributed by atoms with Crippen LogP contribution in [0.3, 0.4) is 0 Å². The minimum absolute atomic E-state index is 0.0866. The summed E-state index contributed by atoms with van der Waals surface area (Å²) in [5.41, 5.74) is 1.93. The number of carbonyl (C=O) groups excluding carboxylic acids is 1. The van der Waals surface area contributed by atoms with E-state index in [0.29, 0.717) is 4.88 Å². The summed E-state index contributed by atoms with van der Waals surface area (Å²) in [7, 11) is 0. The third-order valence-electron chi connectivity index (χ3n) is 2.23. The van der Waals surface area contributed by atoms with Gasteiger partial charge in [0.1, 0.15) is 0 Å². The van der Waals surface area contributed by atoms with Gasteiger partial charge in [-0.2, -0.15) is 0 Å². The lowest BCUT2D eigenvalue weighted by Crippen LogP contribution is -2.09. The second kappa shape index (κ2) is 5.33. The monoisotopic (exact) mass is 373 g/mol. The Morgan fingerprint density at radius 1 is 1.24 bits per heavy atom. The van der Waals surface area contributed by atoms with E-state index in [1.807, 2.05) is 31.2 Å². The van der Waals surface area contributed by atoms with Crippen molar-refractivity contribution in [2.75, 3.05) is 5.32 Å². The SMILES string of the molecule is Cc1ccc(NC(=O)c2ccc(Br)s2)cc1Br. The zero-order valence-electron chi connectivity index (χ0n) is 8.96. The van der Waals surface area contributed by atoms with Crippen LogP contribution in [0.25, 0.3) is 0 Å². The van der Waals surface area contributed by atoms with E-state index in [0.717, 1.165) is 19.5 Å². The quantitative estimate of drug-likeness (QED) is 0.800. The predicted molar refractivity (Wildman–Crippen MR) is 78.9 cm³/mol. The van der Waals surface area contributed by atoms with Crippen molar-refractivity contribution in [1.29, 1.82) is 0 Å². The Balaban J connectivity index is 2.15. The Morgan fingerprint density at radius 3 is 2.59 bits per heavy atom. The number of halogens is 2. The Labute approximate surface area is 120 Å². The first-order valence-corrected chi connectivity index (χ1v) is 7.29. The van der Waals surface area contributed by atoms with E-state index in [1.165, 1.54) is 11.3 Å². The van der Waals surface area contributed by atoms with E-state index in [2.05, 4.69) is 37.2 Å². The van der Waals surface area contributed by atoms with Crippen molar-refractivity contribution in [3.8, 4) is 0 Å². The molecule has 0 spiro atoms. The summed E-state index contributed by atoms with van der Waals surface area (Å²) >= 11 is 8.19. The van der Waals surface area contributed by atoms with Gasteiger partial charge in [0.25, 0.3) is 5.91 Å². The maximum Gasteiger partial charge on any atom is 0.265 e. The summed E-state index contributed by atoms with van der Waals surface area (Å²) in [5.74, 6) is -0.0866. The Bertz CT molecular complexity index is 565. The number of nitrogens with one attached hydrogen (secondary N) is 1. The number of hydrogen-bond donors (Lipinski definition) is 1.